The maximum atomic E-state index is 12.3. The molecule has 6 nitrogen and oxygen atoms in total. The lowest BCUT2D eigenvalue weighted by atomic mass is 10.1. The fourth-order valence-electron chi connectivity index (χ4n) is 3.13. The van der Waals surface area contributed by atoms with Crippen LogP contribution in [0.1, 0.15) is 25.0 Å². The average Bonchev–Trinajstić information content (AvgIpc) is 3.14. The molecule has 1 aliphatic rings. The van der Waals surface area contributed by atoms with Gasteiger partial charge in [0.1, 0.15) is 6.54 Å². The summed E-state index contributed by atoms with van der Waals surface area (Å²) in [7, 11) is 0. The molecule has 3 rings (SSSR count). The molecular weight excluding hydrogens is 328 g/mol. The molecule has 0 radical (unpaired) electrons. The number of rotatable bonds is 7. The monoisotopic (exact) mass is 356 g/mol. The van der Waals surface area contributed by atoms with Gasteiger partial charge in [0.25, 0.3) is 0 Å². The topological polar surface area (TPSA) is 50.6 Å². The molecule has 1 aromatic heterocycles. The Morgan fingerprint density at radius 3 is 2.65 bits per heavy atom. The molecule has 0 saturated carbocycles. The summed E-state index contributed by atoms with van der Waals surface area (Å²) in [6, 6.07) is 8.59. The van der Waals surface area contributed by atoms with Crippen molar-refractivity contribution in [3.05, 3.63) is 54.1 Å². The quantitative estimate of drug-likeness (QED) is 0.763. The van der Waals surface area contributed by atoms with Crippen molar-refractivity contribution >= 4 is 5.91 Å². The molecule has 6 heteroatoms. The van der Waals surface area contributed by atoms with Gasteiger partial charge in [0.2, 0.25) is 5.91 Å². The van der Waals surface area contributed by atoms with Crippen LogP contribution >= 0.6 is 0 Å². The van der Waals surface area contributed by atoms with Crippen molar-refractivity contribution in [3.8, 4) is 0 Å². The van der Waals surface area contributed by atoms with Crippen LogP contribution in [0.3, 0.4) is 0 Å². The van der Waals surface area contributed by atoms with Crippen LogP contribution in [0.15, 0.2) is 43.0 Å². The van der Waals surface area contributed by atoms with Gasteiger partial charge in [-0.25, -0.2) is 4.98 Å². The molecule has 1 amide bonds. The molecular formula is C20H28N4O2. The summed E-state index contributed by atoms with van der Waals surface area (Å²) in [5.41, 5.74) is 2.51. The van der Waals surface area contributed by atoms with Crippen LogP contribution < -0.4 is 0 Å². The van der Waals surface area contributed by atoms with Crippen LogP contribution in [0.5, 0.6) is 0 Å². The summed E-state index contributed by atoms with van der Waals surface area (Å²) in [6.07, 6.45) is 5.45. The van der Waals surface area contributed by atoms with Gasteiger partial charge in [-0.15, -0.1) is 0 Å². The Morgan fingerprint density at radius 1 is 1.19 bits per heavy atom. The van der Waals surface area contributed by atoms with E-state index in [2.05, 4.69) is 48.0 Å². The fraction of sp³-hybridized carbons (Fsp3) is 0.500. The van der Waals surface area contributed by atoms with Crippen LogP contribution in [0.4, 0.5) is 0 Å². The third-order valence-corrected chi connectivity index (χ3v) is 4.58. The number of carbonyl (C=O) groups is 1. The third kappa shape index (κ3) is 5.41. The predicted octanol–water partition coefficient (Wildman–Crippen LogP) is 2.15. The number of piperazine rings is 1. The molecule has 1 saturated heterocycles. The van der Waals surface area contributed by atoms with E-state index < -0.39 is 0 Å². The first kappa shape index (κ1) is 18.6. The fourth-order valence-corrected chi connectivity index (χ4v) is 3.13. The second-order valence-corrected chi connectivity index (χ2v) is 7.07. The SMILES string of the molecule is CC(C)OCc1cccc(CN2CCN(C(=O)Cn3ccnc3)CC2)c1. The normalized spacial score (nSPS) is 15.6. The molecule has 0 aliphatic carbocycles. The van der Waals surface area contributed by atoms with Crippen LogP contribution in [0.2, 0.25) is 0 Å². The highest BCUT2D eigenvalue weighted by atomic mass is 16.5. The maximum absolute atomic E-state index is 12.3. The van der Waals surface area contributed by atoms with Gasteiger partial charge in [-0.2, -0.15) is 0 Å². The molecule has 0 spiro atoms. The number of aromatic nitrogens is 2. The van der Waals surface area contributed by atoms with Crippen molar-refractivity contribution in [1.29, 1.82) is 0 Å². The Hall–Kier alpha value is -2.18. The zero-order chi connectivity index (χ0) is 18.4. The van der Waals surface area contributed by atoms with Gasteiger partial charge in [-0.1, -0.05) is 24.3 Å². The number of benzene rings is 1. The first-order chi connectivity index (χ1) is 12.6. The molecule has 140 valence electrons. The Balaban J connectivity index is 1.46. The number of carbonyl (C=O) groups excluding carboxylic acids is 1. The van der Waals surface area contributed by atoms with Gasteiger partial charge in [0.15, 0.2) is 0 Å². The number of nitrogens with zero attached hydrogens (tertiary/aromatic N) is 4. The number of hydrogen-bond donors (Lipinski definition) is 0. The molecule has 0 unspecified atom stereocenters. The van der Waals surface area contributed by atoms with E-state index in [0.717, 1.165) is 32.7 Å². The van der Waals surface area contributed by atoms with Gasteiger partial charge in [0, 0.05) is 45.1 Å². The van der Waals surface area contributed by atoms with E-state index in [0.29, 0.717) is 13.2 Å². The summed E-state index contributed by atoms with van der Waals surface area (Å²) in [5, 5.41) is 0. The average molecular weight is 356 g/mol. The number of imidazole rings is 1. The first-order valence-electron chi connectivity index (χ1n) is 9.25. The lowest BCUT2D eigenvalue weighted by Crippen LogP contribution is -2.49. The molecule has 2 aromatic rings. The van der Waals surface area contributed by atoms with Crippen molar-refractivity contribution in [2.24, 2.45) is 0 Å². The van der Waals surface area contributed by atoms with Crippen molar-refractivity contribution in [2.45, 2.75) is 39.6 Å². The van der Waals surface area contributed by atoms with E-state index in [4.69, 9.17) is 4.74 Å². The summed E-state index contributed by atoms with van der Waals surface area (Å²) in [4.78, 5) is 20.7. The van der Waals surface area contributed by atoms with E-state index in [1.807, 2.05) is 15.7 Å². The highest BCUT2D eigenvalue weighted by Gasteiger charge is 2.21. The van der Waals surface area contributed by atoms with Crippen molar-refractivity contribution in [1.82, 2.24) is 19.4 Å². The smallest absolute Gasteiger partial charge is 0.242 e. The summed E-state index contributed by atoms with van der Waals surface area (Å²) >= 11 is 0. The van der Waals surface area contributed by atoms with Gasteiger partial charge < -0.3 is 14.2 Å². The van der Waals surface area contributed by atoms with Crippen LogP contribution in [-0.4, -0.2) is 57.5 Å². The van der Waals surface area contributed by atoms with Crippen LogP contribution in [-0.2, 0) is 29.2 Å². The van der Waals surface area contributed by atoms with Crippen molar-refractivity contribution < 1.29 is 9.53 Å². The number of amides is 1. The van der Waals surface area contributed by atoms with E-state index in [-0.39, 0.29) is 12.0 Å². The maximum Gasteiger partial charge on any atom is 0.242 e. The zero-order valence-electron chi connectivity index (χ0n) is 15.7. The molecule has 1 fully saturated rings. The second-order valence-electron chi connectivity index (χ2n) is 7.07. The molecule has 1 aromatic carbocycles. The molecule has 0 bridgehead atoms. The van der Waals surface area contributed by atoms with E-state index in [9.17, 15) is 4.79 Å². The minimum atomic E-state index is 0.162. The third-order valence-electron chi connectivity index (χ3n) is 4.58. The standard InChI is InChI=1S/C20H28N4O2/c1-17(2)26-15-19-5-3-4-18(12-19)13-22-8-10-24(11-9-22)20(25)14-23-7-6-21-16-23/h3-7,12,16-17H,8-11,13-15H2,1-2H3. The van der Waals surface area contributed by atoms with Crippen LogP contribution in [0.25, 0.3) is 0 Å². The lowest BCUT2D eigenvalue weighted by molar-refractivity contribution is -0.133. The van der Waals surface area contributed by atoms with E-state index in [1.165, 1.54) is 11.1 Å². The zero-order valence-corrected chi connectivity index (χ0v) is 15.7. The van der Waals surface area contributed by atoms with Gasteiger partial charge in [-0.05, 0) is 25.0 Å². The Kier molecular flexibility index (Phi) is 6.41. The van der Waals surface area contributed by atoms with E-state index >= 15 is 0 Å². The highest BCUT2D eigenvalue weighted by molar-refractivity contribution is 5.76. The highest BCUT2D eigenvalue weighted by Crippen LogP contribution is 2.12. The Bertz CT molecular complexity index is 692. The molecule has 26 heavy (non-hydrogen) atoms. The Morgan fingerprint density at radius 2 is 1.96 bits per heavy atom. The van der Waals surface area contributed by atoms with Gasteiger partial charge in [-0.3, -0.25) is 9.69 Å². The predicted molar refractivity (Wildman–Crippen MR) is 100 cm³/mol. The first-order valence-corrected chi connectivity index (χ1v) is 9.25. The molecule has 1 aliphatic heterocycles. The largest absolute Gasteiger partial charge is 0.374 e. The number of ether oxygens (including phenoxy) is 1. The molecule has 0 N–H and O–H groups in total. The molecule has 2 heterocycles. The summed E-state index contributed by atoms with van der Waals surface area (Å²) in [6.45, 7) is 9.42. The van der Waals surface area contributed by atoms with Gasteiger partial charge >= 0.3 is 0 Å². The number of hydrogen-bond acceptors (Lipinski definition) is 4. The minimum Gasteiger partial charge on any atom is -0.374 e. The lowest BCUT2D eigenvalue weighted by Gasteiger charge is -2.34. The summed E-state index contributed by atoms with van der Waals surface area (Å²) < 4.78 is 7.51. The van der Waals surface area contributed by atoms with Gasteiger partial charge in [0.05, 0.1) is 19.0 Å². The summed E-state index contributed by atoms with van der Waals surface area (Å²) in [5.74, 6) is 0.162. The molecule has 0 atom stereocenters. The Labute approximate surface area is 155 Å². The van der Waals surface area contributed by atoms with Crippen molar-refractivity contribution in [2.75, 3.05) is 26.2 Å². The van der Waals surface area contributed by atoms with E-state index in [1.54, 1.807) is 12.5 Å². The van der Waals surface area contributed by atoms with Crippen molar-refractivity contribution in [3.63, 3.8) is 0 Å². The minimum absolute atomic E-state index is 0.162. The second kappa shape index (κ2) is 8.96. The van der Waals surface area contributed by atoms with Crippen LogP contribution in [0, 0.1) is 0 Å².